The molecule has 0 heterocycles. The number of rotatable bonds is 3. The fourth-order valence-electron chi connectivity index (χ4n) is 2.49. The summed E-state index contributed by atoms with van der Waals surface area (Å²) in [5, 5.41) is 9.25. The van der Waals surface area contributed by atoms with Gasteiger partial charge >= 0.3 is 5.51 Å². The zero-order valence-corrected chi connectivity index (χ0v) is 16.0. The number of alkyl halides is 3. The second-order valence-electron chi connectivity index (χ2n) is 5.46. The minimum absolute atomic E-state index is 0.113. The monoisotopic (exact) mass is 386 g/mol. The molecule has 0 saturated carbocycles. The number of methoxy groups -OCH3 is 1. The number of benzene rings is 2. The maximum Gasteiger partial charge on any atom is 0.446 e. The molecule has 0 radical (unpaired) electrons. The first-order chi connectivity index (χ1) is 12.4. The Morgan fingerprint density at radius 3 is 1.92 bits per heavy atom. The summed E-state index contributed by atoms with van der Waals surface area (Å²) in [6.07, 6.45) is 1.56. The first-order valence-corrected chi connectivity index (χ1v) is 9.27. The second-order valence-corrected chi connectivity index (χ2v) is 6.59. The molecule has 0 aliphatic heterocycles. The topological polar surface area (TPSA) is 29.5 Å². The Hall–Kier alpha value is -1.50. The molecule has 0 atom stereocenters. The molecule has 144 valence electrons. The molecule has 0 saturated heterocycles. The number of hydrogen-bond acceptors (Lipinski definition) is 3. The molecular formula is C20H25F3O2S. The van der Waals surface area contributed by atoms with Crippen LogP contribution in [0.15, 0.2) is 53.4 Å². The molecule has 2 nitrogen and oxygen atoms in total. The number of thioether (sulfide) groups is 1. The molecule has 0 amide bonds. The van der Waals surface area contributed by atoms with Crippen molar-refractivity contribution in [2.45, 2.75) is 49.8 Å². The number of aliphatic hydroxyl groups is 1. The maximum absolute atomic E-state index is 11.9. The van der Waals surface area contributed by atoms with Crippen LogP contribution >= 0.6 is 11.8 Å². The van der Waals surface area contributed by atoms with Crippen molar-refractivity contribution in [3.63, 3.8) is 0 Å². The molecule has 2 aromatic rings. The first-order valence-electron chi connectivity index (χ1n) is 8.46. The van der Waals surface area contributed by atoms with E-state index in [2.05, 4.69) is 12.1 Å². The van der Waals surface area contributed by atoms with Crippen molar-refractivity contribution in [2.75, 3.05) is 7.11 Å². The van der Waals surface area contributed by atoms with Gasteiger partial charge in [-0.05, 0) is 53.4 Å². The summed E-state index contributed by atoms with van der Waals surface area (Å²) >= 11 is -0.113. The molecule has 0 bridgehead atoms. The van der Waals surface area contributed by atoms with Crippen LogP contribution in [0.1, 0.15) is 30.5 Å². The summed E-state index contributed by atoms with van der Waals surface area (Å²) in [5.41, 5.74) is -0.730. The molecular weight excluding hydrogens is 361 g/mol. The highest BCUT2D eigenvalue weighted by atomic mass is 32.2. The zero-order chi connectivity index (χ0) is 19.6. The van der Waals surface area contributed by atoms with Gasteiger partial charge in [-0.25, -0.2) is 0 Å². The minimum atomic E-state index is -4.22. The third-order valence-corrected chi connectivity index (χ3v) is 4.24. The van der Waals surface area contributed by atoms with E-state index in [1.807, 2.05) is 26.0 Å². The molecule has 0 spiro atoms. The standard InChI is InChI=1S/C9H9F3OS.C9H10O.C2H6/c1-13-6-7-2-4-8(5-3-7)14-9(10,11)12;10-9-5-7-3-1-2-4-8(7)6-9;1-2/h2-5H,6H2,1H3;1-4,9-10H,5-6H2;1-2H3. The number of halogens is 3. The van der Waals surface area contributed by atoms with Gasteiger partial charge in [0, 0.05) is 12.0 Å². The SMILES string of the molecule is CC.COCc1ccc(SC(F)(F)F)cc1.OC1Cc2ccccc2C1. The van der Waals surface area contributed by atoms with Crippen LogP contribution < -0.4 is 0 Å². The largest absolute Gasteiger partial charge is 0.446 e. The van der Waals surface area contributed by atoms with E-state index in [-0.39, 0.29) is 22.8 Å². The van der Waals surface area contributed by atoms with Crippen molar-refractivity contribution in [1.82, 2.24) is 0 Å². The Balaban J connectivity index is 0.000000246. The van der Waals surface area contributed by atoms with Gasteiger partial charge in [-0.15, -0.1) is 0 Å². The Kier molecular flexibility index (Phi) is 9.76. The highest BCUT2D eigenvalue weighted by molar-refractivity contribution is 8.00. The molecule has 26 heavy (non-hydrogen) atoms. The van der Waals surface area contributed by atoms with Gasteiger partial charge < -0.3 is 9.84 Å². The van der Waals surface area contributed by atoms with E-state index in [0.717, 1.165) is 18.4 Å². The van der Waals surface area contributed by atoms with Crippen LogP contribution in [0, 0.1) is 0 Å². The quantitative estimate of drug-likeness (QED) is 0.695. The number of fused-ring (bicyclic) bond motifs is 1. The van der Waals surface area contributed by atoms with Crippen LogP contribution in [0.5, 0.6) is 0 Å². The molecule has 1 N–H and O–H groups in total. The van der Waals surface area contributed by atoms with E-state index in [1.54, 1.807) is 19.2 Å². The fourth-order valence-corrected chi connectivity index (χ4v) is 3.03. The molecule has 0 unspecified atom stereocenters. The van der Waals surface area contributed by atoms with Gasteiger partial charge in [0.2, 0.25) is 0 Å². The lowest BCUT2D eigenvalue weighted by atomic mass is 10.1. The third kappa shape index (κ3) is 8.25. The second kappa shape index (κ2) is 11.3. The van der Waals surface area contributed by atoms with E-state index in [0.29, 0.717) is 6.61 Å². The molecule has 3 rings (SSSR count). The van der Waals surface area contributed by atoms with Crippen LogP contribution in [0.3, 0.4) is 0 Å². The Bertz CT molecular complexity index is 617. The smallest absolute Gasteiger partial charge is 0.392 e. The molecule has 0 fully saturated rings. The minimum Gasteiger partial charge on any atom is -0.392 e. The zero-order valence-electron chi connectivity index (χ0n) is 15.2. The number of ether oxygens (including phenoxy) is 1. The summed E-state index contributed by atoms with van der Waals surface area (Å²) in [7, 11) is 1.54. The van der Waals surface area contributed by atoms with Gasteiger partial charge in [0.25, 0.3) is 0 Å². The van der Waals surface area contributed by atoms with Crippen molar-refractivity contribution < 1.29 is 23.0 Å². The summed E-state index contributed by atoms with van der Waals surface area (Å²) in [6.45, 7) is 4.41. The number of aliphatic hydroxyl groups excluding tert-OH is 1. The van der Waals surface area contributed by atoms with Crippen molar-refractivity contribution in [3.05, 3.63) is 65.2 Å². The van der Waals surface area contributed by atoms with Crippen LogP contribution in [0.25, 0.3) is 0 Å². The van der Waals surface area contributed by atoms with Crippen LogP contribution in [0.2, 0.25) is 0 Å². The summed E-state index contributed by atoms with van der Waals surface area (Å²) in [4.78, 5) is 0.192. The highest BCUT2D eigenvalue weighted by Crippen LogP contribution is 2.36. The van der Waals surface area contributed by atoms with Gasteiger partial charge in [0.1, 0.15) is 0 Å². The van der Waals surface area contributed by atoms with E-state index in [1.165, 1.54) is 23.3 Å². The predicted molar refractivity (Wildman–Crippen MR) is 100 cm³/mol. The lowest BCUT2D eigenvalue weighted by molar-refractivity contribution is -0.0328. The van der Waals surface area contributed by atoms with E-state index < -0.39 is 5.51 Å². The van der Waals surface area contributed by atoms with Gasteiger partial charge in [0.15, 0.2) is 0 Å². The molecule has 6 heteroatoms. The molecule has 1 aliphatic carbocycles. The van der Waals surface area contributed by atoms with Gasteiger partial charge in [0.05, 0.1) is 12.7 Å². The normalized spacial score (nSPS) is 13.2. The highest BCUT2D eigenvalue weighted by Gasteiger charge is 2.28. The summed E-state index contributed by atoms with van der Waals surface area (Å²) in [5.74, 6) is 0. The average molecular weight is 386 g/mol. The van der Waals surface area contributed by atoms with Crippen molar-refractivity contribution in [2.24, 2.45) is 0 Å². The third-order valence-electron chi connectivity index (χ3n) is 3.50. The molecule has 0 aromatic heterocycles. The van der Waals surface area contributed by atoms with Crippen molar-refractivity contribution in [1.29, 1.82) is 0 Å². The molecule has 2 aromatic carbocycles. The van der Waals surface area contributed by atoms with Gasteiger partial charge in [-0.3, -0.25) is 0 Å². The van der Waals surface area contributed by atoms with Crippen molar-refractivity contribution in [3.8, 4) is 0 Å². The summed E-state index contributed by atoms with van der Waals surface area (Å²) in [6, 6.07) is 14.3. The number of hydrogen-bond donors (Lipinski definition) is 1. The Morgan fingerprint density at radius 1 is 1.00 bits per heavy atom. The van der Waals surface area contributed by atoms with E-state index in [4.69, 9.17) is 4.74 Å². The van der Waals surface area contributed by atoms with Gasteiger partial charge in [-0.2, -0.15) is 13.2 Å². The average Bonchev–Trinajstić information content (AvgIpc) is 2.98. The summed E-state index contributed by atoms with van der Waals surface area (Å²) < 4.78 is 40.6. The predicted octanol–water partition coefficient (Wildman–Crippen LogP) is 5.62. The van der Waals surface area contributed by atoms with Crippen molar-refractivity contribution >= 4 is 11.8 Å². The van der Waals surface area contributed by atoms with Crippen LogP contribution in [-0.2, 0) is 24.2 Å². The first kappa shape index (κ1) is 22.5. The van der Waals surface area contributed by atoms with Crippen LogP contribution in [0.4, 0.5) is 13.2 Å². The van der Waals surface area contributed by atoms with Crippen LogP contribution in [-0.4, -0.2) is 23.8 Å². The lowest BCUT2D eigenvalue weighted by Gasteiger charge is -2.05. The van der Waals surface area contributed by atoms with E-state index in [9.17, 15) is 18.3 Å². The van der Waals surface area contributed by atoms with Gasteiger partial charge in [-0.1, -0.05) is 50.2 Å². The maximum atomic E-state index is 11.9. The van der Waals surface area contributed by atoms with E-state index >= 15 is 0 Å². The molecule has 1 aliphatic rings. The Morgan fingerprint density at radius 2 is 1.50 bits per heavy atom. The lowest BCUT2D eigenvalue weighted by Crippen LogP contribution is -2.03. The fraction of sp³-hybridized carbons (Fsp3) is 0.400. The Labute approximate surface area is 157 Å².